The van der Waals surface area contributed by atoms with Crippen LogP contribution in [0.5, 0.6) is 5.75 Å². The van der Waals surface area contributed by atoms with Crippen molar-refractivity contribution in [1.29, 1.82) is 0 Å². The summed E-state index contributed by atoms with van der Waals surface area (Å²) in [6.45, 7) is 1.63. The summed E-state index contributed by atoms with van der Waals surface area (Å²) in [4.78, 5) is 44.9. The number of nitrogens with one attached hydrogen (secondary N) is 1. The molecule has 2 aliphatic rings. The van der Waals surface area contributed by atoms with Gasteiger partial charge in [-0.15, -0.1) is 13.2 Å². The molecule has 0 spiro atoms. The normalized spacial score (nSPS) is 19.3. The monoisotopic (exact) mass is 490 g/mol. The summed E-state index contributed by atoms with van der Waals surface area (Å²) in [5.74, 6) is -1.25. The van der Waals surface area contributed by atoms with Crippen molar-refractivity contribution >= 4 is 23.5 Å². The van der Waals surface area contributed by atoms with E-state index in [1.165, 1.54) is 29.7 Å². The summed E-state index contributed by atoms with van der Waals surface area (Å²) in [6, 6.07) is 6.47. The van der Waals surface area contributed by atoms with Crippen LogP contribution < -0.4 is 15.0 Å². The molecule has 1 aliphatic carbocycles. The van der Waals surface area contributed by atoms with E-state index in [1.807, 2.05) is 0 Å². The molecule has 1 aromatic carbocycles. The van der Waals surface area contributed by atoms with Crippen LogP contribution in [-0.4, -0.2) is 46.2 Å². The van der Waals surface area contributed by atoms with Crippen molar-refractivity contribution in [1.82, 2.24) is 15.2 Å². The fraction of sp³-hybridized carbons (Fsp3) is 0.417. The largest absolute Gasteiger partial charge is 0.573 e. The summed E-state index contributed by atoms with van der Waals surface area (Å²) in [6.07, 6.45) is 1.84. The number of pyridine rings is 1. The number of rotatable bonds is 6. The molecule has 11 heteroatoms. The minimum Gasteiger partial charge on any atom is -0.406 e. The Morgan fingerprint density at radius 3 is 2.46 bits per heavy atom. The van der Waals surface area contributed by atoms with Gasteiger partial charge >= 0.3 is 12.4 Å². The zero-order valence-electron chi connectivity index (χ0n) is 19.0. The van der Waals surface area contributed by atoms with Crippen LogP contribution in [0.3, 0.4) is 0 Å². The number of nitrogens with zero attached hydrogens (tertiary/aromatic N) is 3. The lowest BCUT2D eigenvalue weighted by molar-refractivity contribution is -0.274. The molecular weight excluding hydrogens is 465 g/mol. The van der Waals surface area contributed by atoms with Gasteiger partial charge in [-0.2, -0.15) is 0 Å². The van der Waals surface area contributed by atoms with Gasteiger partial charge in [0.15, 0.2) is 0 Å². The molecule has 1 aromatic heterocycles. The third kappa shape index (κ3) is 5.72. The van der Waals surface area contributed by atoms with Crippen LogP contribution in [-0.2, 0) is 11.3 Å². The first kappa shape index (κ1) is 24.5. The van der Waals surface area contributed by atoms with E-state index in [2.05, 4.69) is 15.0 Å². The second kappa shape index (κ2) is 9.93. The molecule has 4 rings (SSSR count). The van der Waals surface area contributed by atoms with E-state index in [-0.39, 0.29) is 29.9 Å². The topological polar surface area (TPSA) is 91.8 Å². The molecule has 35 heavy (non-hydrogen) atoms. The molecule has 1 saturated heterocycles. The highest BCUT2D eigenvalue weighted by atomic mass is 19.4. The predicted octanol–water partition coefficient (Wildman–Crippen LogP) is 4.40. The number of urea groups is 1. The fourth-order valence-corrected chi connectivity index (χ4v) is 4.35. The lowest BCUT2D eigenvalue weighted by Crippen LogP contribution is -2.36. The zero-order valence-corrected chi connectivity index (χ0v) is 19.0. The number of hydrogen-bond donors (Lipinski definition) is 1. The van der Waals surface area contributed by atoms with Crippen molar-refractivity contribution in [2.75, 3.05) is 4.90 Å². The van der Waals surface area contributed by atoms with Crippen molar-refractivity contribution in [2.45, 2.75) is 64.0 Å². The van der Waals surface area contributed by atoms with Crippen molar-refractivity contribution in [2.24, 2.45) is 0 Å². The Balaban J connectivity index is 1.45. The highest BCUT2D eigenvalue weighted by Gasteiger charge is 2.43. The van der Waals surface area contributed by atoms with E-state index in [4.69, 9.17) is 0 Å². The maximum Gasteiger partial charge on any atom is 0.573 e. The molecule has 0 bridgehead atoms. The van der Waals surface area contributed by atoms with Gasteiger partial charge in [0.05, 0.1) is 5.69 Å². The quantitative estimate of drug-likeness (QED) is 0.606. The van der Waals surface area contributed by atoms with Gasteiger partial charge in [-0.3, -0.25) is 14.6 Å². The van der Waals surface area contributed by atoms with Crippen LogP contribution in [0.4, 0.5) is 23.7 Å². The summed E-state index contributed by atoms with van der Waals surface area (Å²) in [5.41, 5.74) is 0.986. The molecule has 186 valence electrons. The molecule has 8 nitrogen and oxygen atoms in total. The van der Waals surface area contributed by atoms with Gasteiger partial charge < -0.3 is 15.0 Å². The number of ether oxygens (including phenoxy) is 1. The van der Waals surface area contributed by atoms with E-state index in [0.29, 0.717) is 5.56 Å². The lowest BCUT2D eigenvalue weighted by Gasteiger charge is -2.23. The Labute approximate surface area is 200 Å². The Hall–Kier alpha value is -3.63. The number of anilines is 1. The van der Waals surface area contributed by atoms with E-state index >= 15 is 0 Å². The Bertz CT molecular complexity index is 1100. The Morgan fingerprint density at radius 1 is 1.11 bits per heavy atom. The number of imide groups is 1. The predicted molar refractivity (Wildman–Crippen MR) is 120 cm³/mol. The maximum absolute atomic E-state index is 13.1. The van der Waals surface area contributed by atoms with Crippen molar-refractivity contribution < 1.29 is 32.3 Å². The summed E-state index contributed by atoms with van der Waals surface area (Å²) >= 11 is 0. The molecule has 1 unspecified atom stereocenters. The minimum absolute atomic E-state index is 0.0593. The molecule has 1 atom stereocenters. The minimum atomic E-state index is -4.84. The summed E-state index contributed by atoms with van der Waals surface area (Å²) < 4.78 is 41.0. The molecule has 1 aliphatic heterocycles. The maximum atomic E-state index is 13.1. The van der Waals surface area contributed by atoms with Crippen molar-refractivity contribution in [3.63, 3.8) is 0 Å². The number of aromatic nitrogens is 1. The summed E-state index contributed by atoms with van der Waals surface area (Å²) in [5, 5.41) is 3.00. The Kier molecular flexibility index (Phi) is 6.95. The van der Waals surface area contributed by atoms with Crippen LogP contribution in [0.2, 0.25) is 0 Å². The smallest absolute Gasteiger partial charge is 0.406 e. The van der Waals surface area contributed by atoms with Crippen LogP contribution >= 0.6 is 0 Å². The van der Waals surface area contributed by atoms with Crippen LogP contribution in [0.15, 0.2) is 42.6 Å². The van der Waals surface area contributed by atoms with Gasteiger partial charge in [-0.05, 0) is 61.7 Å². The number of benzene rings is 1. The fourth-order valence-electron chi connectivity index (χ4n) is 4.35. The van der Waals surface area contributed by atoms with Crippen molar-refractivity contribution in [3.8, 4) is 5.75 Å². The number of carbonyl (C=O) groups excluding carboxylic acids is 3. The van der Waals surface area contributed by atoms with E-state index in [9.17, 15) is 27.6 Å². The summed E-state index contributed by atoms with van der Waals surface area (Å²) in [7, 11) is 0. The number of amides is 4. The molecule has 2 aromatic rings. The van der Waals surface area contributed by atoms with Gasteiger partial charge in [-0.1, -0.05) is 19.3 Å². The van der Waals surface area contributed by atoms with E-state index in [1.54, 1.807) is 19.1 Å². The van der Waals surface area contributed by atoms with Crippen molar-refractivity contribution in [3.05, 3.63) is 53.9 Å². The second-order valence-corrected chi connectivity index (χ2v) is 8.66. The van der Waals surface area contributed by atoms with E-state index < -0.39 is 30.1 Å². The van der Waals surface area contributed by atoms with Crippen LogP contribution in [0.25, 0.3) is 0 Å². The highest BCUT2D eigenvalue weighted by molar-refractivity contribution is 6.21. The van der Waals surface area contributed by atoms with Gasteiger partial charge in [0, 0.05) is 18.8 Å². The molecule has 1 saturated carbocycles. The standard InChI is InChI=1S/C24H25F3N4O4/c1-15-22(33)31(18-7-9-19(10-8-18)35-24(25,26)27)23(34)30(15)14-16-11-12-28-20(13-16)21(32)29-17-5-3-2-4-6-17/h7-13,15,17H,2-6,14H2,1H3,(H,29,32). The Morgan fingerprint density at radius 2 is 1.80 bits per heavy atom. The first-order chi connectivity index (χ1) is 16.6. The van der Waals surface area contributed by atoms with Gasteiger partial charge in [-0.25, -0.2) is 9.69 Å². The average Bonchev–Trinajstić information content (AvgIpc) is 3.03. The second-order valence-electron chi connectivity index (χ2n) is 8.66. The van der Waals surface area contributed by atoms with Gasteiger partial charge in [0.2, 0.25) is 0 Å². The molecule has 2 fully saturated rings. The molecule has 1 N–H and O–H groups in total. The third-order valence-electron chi connectivity index (χ3n) is 6.16. The zero-order chi connectivity index (χ0) is 25.2. The first-order valence-corrected chi connectivity index (χ1v) is 11.4. The molecule has 0 radical (unpaired) electrons. The van der Waals surface area contributed by atoms with Gasteiger partial charge in [0.1, 0.15) is 17.5 Å². The van der Waals surface area contributed by atoms with Crippen LogP contribution in [0.1, 0.15) is 55.1 Å². The molecule has 2 heterocycles. The SMILES string of the molecule is CC1C(=O)N(c2ccc(OC(F)(F)F)cc2)C(=O)N1Cc1ccnc(C(=O)NC2CCCCC2)c1. The number of hydrogen-bond acceptors (Lipinski definition) is 5. The lowest BCUT2D eigenvalue weighted by atomic mass is 9.95. The average molecular weight is 490 g/mol. The third-order valence-corrected chi connectivity index (χ3v) is 6.16. The molecule has 4 amide bonds. The highest BCUT2D eigenvalue weighted by Crippen LogP contribution is 2.30. The number of carbonyl (C=O) groups is 3. The van der Waals surface area contributed by atoms with Gasteiger partial charge in [0.25, 0.3) is 11.8 Å². The van der Waals surface area contributed by atoms with Crippen LogP contribution in [0, 0.1) is 0 Å². The number of alkyl halides is 3. The molecular formula is C24H25F3N4O4. The van der Waals surface area contributed by atoms with E-state index in [0.717, 1.165) is 42.7 Å². The number of halogens is 3. The first-order valence-electron chi connectivity index (χ1n) is 11.4.